The normalized spacial score (nSPS) is 33.5. The lowest BCUT2D eigenvalue weighted by molar-refractivity contribution is 0.142. The van der Waals surface area contributed by atoms with Gasteiger partial charge in [0.15, 0.2) is 0 Å². The molecule has 0 bridgehead atoms. The molecule has 2 aliphatic rings. The SMILES string of the molecule is CC(C)(C)N1C(=O)NC2CNCC21. The average molecular weight is 183 g/mol. The zero-order chi connectivity index (χ0) is 9.64. The molecule has 0 radical (unpaired) electrons. The third-order valence-electron chi connectivity index (χ3n) is 2.76. The van der Waals surface area contributed by atoms with Crippen LogP contribution in [-0.2, 0) is 0 Å². The third kappa shape index (κ3) is 1.29. The van der Waals surface area contributed by atoms with E-state index in [0.29, 0.717) is 12.1 Å². The van der Waals surface area contributed by atoms with Crippen molar-refractivity contribution in [3.8, 4) is 0 Å². The van der Waals surface area contributed by atoms with Gasteiger partial charge in [0.05, 0.1) is 12.1 Å². The molecular weight excluding hydrogens is 166 g/mol. The smallest absolute Gasteiger partial charge is 0.318 e. The van der Waals surface area contributed by atoms with Crippen LogP contribution in [0.5, 0.6) is 0 Å². The van der Waals surface area contributed by atoms with Gasteiger partial charge >= 0.3 is 6.03 Å². The lowest BCUT2D eigenvalue weighted by Gasteiger charge is -2.35. The molecule has 4 nitrogen and oxygen atoms in total. The van der Waals surface area contributed by atoms with E-state index >= 15 is 0 Å². The number of nitrogens with zero attached hydrogens (tertiary/aromatic N) is 1. The van der Waals surface area contributed by atoms with E-state index in [-0.39, 0.29) is 11.6 Å². The van der Waals surface area contributed by atoms with Crippen LogP contribution in [0.3, 0.4) is 0 Å². The fraction of sp³-hybridized carbons (Fsp3) is 0.889. The van der Waals surface area contributed by atoms with Gasteiger partial charge < -0.3 is 15.5 Å². The quantitative estimate of drug-likeness (QED) is 0.561. The molecule has 13 heavy (non-hydrogen) atoms. The fourth-order valence-electron chi connectivity index (χ4n) is 2.26. The van der Waals surface area contributed by atoms with Gasteiger partial charge in [-0.2, -0.15) is 0 Å². The topological polar surface area (TPSA) is 44.4 Å². The minimum atomic E-state index is -0.0739. The average Bonchev–Trinajstić information content (AvgIpc) is 2.41. The summed E-state index contributed by atoms with van der Waals surface area (Å²) < 4.78 is 0. The summed E-state index contributed by atoms with van der Waals surface area (Å²) in [5.74, 6) is 0. The minimum absolute atomic E-state index is 0.0739. The second kappa shape index (κ2) is 2.61. The van der Waals surface area contributed by atoms with Crippen LogP contribution in [0.25, 0.3) is 0 Å². The molecule has 0 saturated carbocycles. The van der Waals surface area contributed by atoms with Crippen LogP contribution in [-0.4, -0.2) is 41.6 Å². The highest BCUT2D eigenvalue weighted by Crippen LogP contribution is 2.25. The van der Waals surface area contributed by atoms with Crippen LogP contribution in [0.1, 0.15) is 20.8 Å². The van der Waals surface area contributed by atoms with Crippen LogP contribution in [0.15, 0.2) is 0 Å². The summed E-state index contributed by atoms with van der Waals surface area (Å²) in [5, 5.41) is 6.29. The largest absolute Gasteiger partial charge is 0.332 e. The van der Waals surface area contributed by atoms with E-state index in [1.54, 1.807) is 0 Å². The second-order valence-electron chi connectivity index (χ2n) is 4.82. The van der Waals surface area contributed by atoms with Crippen molar-refractivity contribution >= 4 is 6.03 Å². The number of amides is 2. The van der Waals surface area contributed by atoms with Crippen molar-refractivity contribution in [2.24, 2.45) is 0 Å². The summed E-state index contributed by atoms with van der Waals surface area (Å²) in [6, 6.07) is 0.739. The molecular formula is C9H17N3O. The summed E-state index contributed by atoms with van der Waals surface area (Å²) in [4.78, 5) is 13.6. The van der Waals surface area contributed by atoms with Crippen LogP contribution in [0, 0.1) is 0 Å². The summed E-state index contributed by atoms with van der Waals surface area (Å²) in [6.45, 7) is 8.05. The summed E-state index contributed by atoms with van der Waals surface area (Å²) in [6.07, 6.45) is 0. The molecule has 4 heteroatoms. The van der Waals surface area contributed by atoms with Gasteiger partial charge in [-0.25, -0.2) is 4.79 Å². The fourth-order valence-corrected chi connectivity index (χ4v) is 2.26. The lowest BCUT2D eigenvalue weighted by atomic mass is 10.0. The molecule has 2 fully saturated rings. The van der Waals surface area contributed by atoms with Gasteiger partial charge in [-0.1, -0.05) is 0 Å². The van der Waals surface area contributed by atoms with Gasteiger partial charge in [0.2, 0.25) is 0 Å². The van der Waals surface area contributed by atoms with Crippen LogP contribution >= 0.6 is 0 Å². The molecule has 0 aliphatic carbocycles. The zero-order valence-corrected chi connectivity index (χ0v) is 8.42. The molecule has 0 aromatic carbocycles. The Labute approximate surface area is 78.7 Å². The maximum Gasteiger partial charge on any atom is 0.318 e. The van der Waals surface area contributed by atoms with Crippen LogP contribution in [0.2, 0.25) is 0 Å². The van der Waals surface area contributed by atoms with Crippen molar-refractivity contribution < 1.29 is 4.79 Å². The van der Waals surface area contributed by atoms with E-state index in [1.807, 2.05) is 4.90 Å². The molecule has 2 atom stereocenters. The standard InChI is InChI=1S/C9H17N3O/c1-9(2,3)12-7-5-10-4-6(7)11-8(12)13/h6-7,10H,4-5H2,1-3H3,(H,11,13). The molecule has 2 heterocycles. The first-order valence-electron chi connectivity index (χ1n) is 4.81. The Morgan fingerprint density at radius 1 is 1.38 bits per heavy atom. The molecule has 2 saturated heterocycles. The summed E-state index contributed by atoms with van der Waals surface area (Å²) in [7, 11) is 0. The van der Waals surface area contributed by atoms with Gasteiger partial charge in [-0.05, 0) is 20.8 Å². The number of rotatable bonds is 0. The molecule has 2 N–H and O–H groups in total. The third-order valence-corrected chi connectivity index (χ3v) is 2.76. The molecule has 74 valence electrons. The van der Waals surface area contributed by atoms with Crippen LogP contribution in [0.4, 0.5) is 4.79 Å². The first kappa shape index (κ1) is 8.81. The molecule has 0 aromatic heterocycles. The number of hydrogen-bond donors (Lipinski definition) is 2. The van der Waals surface area contributed by atoms with Crippen molar-refractivity contribution in [2.45, 2.75) is 38.4 Å². The zero-order valence-electron chi connectivity index (χ0n) is 8.42. The molecule has 2 rings (SSSR count). The molecule has 0 aromatic rings. The monoisotopic (exact) mass is 183 g/mol. The number of nitrogens with one attached hydrogen (secondary N) is 2. The van der Waals surface area contributed by atoms with Crippen molar-refractivity contribution in [2.75, 3.05) is 13.1 Å². The van der Waals surface area contributed by atoms with E-state index in [4.69, 9.17) is 0 Å². The number of urea groups is 1. The van der Waals surface area contributed by atoms with Crippen molar-refractivity contribution in [3.05, 3.63) is 0 Å². The number of carbonyl (C=O) groups is 1. The minimum Gasteiger partial charge on any atom is -0.332 e. The van der Waals surface area contributed by atoms with Crippen LogP contribution < -0.4 is 10.6 Å². The van der Waals surface area contributed by atoms with E-state index < -0.39 is 0 Å². The Hall–Kier alpha value is -0.770. The Bertz CT molecular complexity index is 234. The highest BCUT2D eigenvalue weighted by atomic mass is 16.2. The highest BCUT2D eigenvalue weighted by Gasteiger charge is 2.46. The van der Waals surface area contributed by atoms with Gasteiger partial charge in [-0.15, -0.1) is 0 Å². The van der Waals surface area contributed by atoms with Crippen molar-refractivity contribution in [1.82, 2.24) is 15.5 Å². The maximum absolute atomic E-state index is 11.6. The molecule has 2 aliphatic heterocycles. The second-order valence-corrected chi connectivity index (χ2v) is 4.82. The lowest BCUT2D eigenvalue weighted by Crippen LogP contribution is -2.49. The summed E-state index contributed by atoms with van der Waals surface area (Å²) >= 11 is 0. The van der Waals surface area contributed by atoms with E-state index in [9.17, 15) is 4.79 Å². The Kier molecular flexibility index (Phi) is 1.77. The van der Waals surface area contributed by atoms with E-state index in [1.165, 1.54) is 0 Å². The van der Waals surface area contributed by atoms with E-state index in [2.05, 4.69) is 31.4 Å². The molecule has 2 unspecified atom stereocenters. The van der Waals surface area contributed by atoms with Gasteiger partial charge in [0, 0.05) is 18.6 Å². The first-order chi connectivity index (χ1) is 6.00. The van der Waals surface area contributed by atoms with Crippen molar-refractivity contribution in [3.63, 3.8) is 0 Å². The van der Waals surface area contributed by atoms with Crippen molar-refractivity contribution in [1.29, 1.82) is 0 Å². The van der Waals surface area contributed by atoms with Gasteiger partial charge in [0.25, 0.3) is 0 Å². The maximum atomic E-state index is 11.6. The Morgan fingerprint density at radius 2 is 2.08 bits per heavy atom. The number of fused-ring (bicyclic) bond motifs is 1. The van der Waals surface area contributed by atoms with E-state index in [0.717, 1.165) is 13.1 Å². The predicted octanol–water partition coefficient (Wildman–Crippen LogP) is 0.150. The van der Waals surface area contributed by atoms with Gasteiger partial charge in [0.1, 0.15) is 0 Å². The van der Waals surface area contributed by atoms with Gasteiger partial charge in [-0.3, -0.25) is 0 Å². The molecule has 2 amide bonds. The first-order valence-corrected chi connectivity index (χ1v) is 4.81. The Balaban J connectivity index is 2.22. The Morgan fingerprint density at radius 3 is 2.69 bits per heavy atom. The number of carbonyl (C=O) groups excluding carboxylic acids is 1. The number of hydrogen-bond acceptors (Lipinski definition) is 2. The predicted molar refractivity (Wildman–Crippen MR) is 50.6 cm³/mol. The highest BCUT2D eigenvalue weighted by molar-refractivity contribution is 5.78. The summed E-state index contributed by atoms with van der Waals surface area (Å²) in [5.41, 5.74) is -0.0739. The molecule has 0 spiro atoms.